The van der Waals surface area contributed by atoms with E-state index in [2.05, 4.69) is 40.2 Å². The summed E-state index contributed by atoms with van der Waals surface area (Å²) in [5.41, 5.74) is 6.52. The molecule has 3 aromatic rings. The van der Waals surface area contributed by atoms with E-state index in [-0.39, 0.29) is 5.92 Å². The number of hydrogen-bond acceptors (Lipinski definition) is 2. The lowest BCUT2D eigenvalue weighted by Gasteiger charge is -2.32. The molecule has 0 fully saturated rings. The van der Waals surface area contributed by atoms with Crippen molar-refractivity contribution < 1.29 is 8.42 Å². The Kier molecular flexibility index (Phi) is 4.83. The molecule has 0 amide bonds. The van der Waals surface area contributed by atoms with Crippen LogP contribution in [0.2, 0.25) is 0 Å². The number of aryl methyl sites for hydroxylation is 1. The first-order valence-electron chi connectivity index (χ1n) is 10.1. The van der Waals surface area contributed by atoms with Gasteiger partial charge in [0.2, 0.25) is 0 Å². The van der Waals surface area contributed by atoms with Gasteiger partial charge in [0, 0.05) is 22.5 Å². The topological polar surface area (TPSA) is 37.4 Å². The predicted molar refractivity (Wildman–Crippen MR) is 124 cm³/mol. The molecule has 5 rings (SSSR count). The third-order valence-electron chi connectivity index (χ3n) is 6.06. The van der Waals surface area contributed by atoms with Gasteiger partial charge in [0.1, 0.15) is 0 Å². The van der Waals surface area contributed by atoms with Crippen molar-refractivity contribution in [2.24, 2.45) is 0 Å². The first kappa shape index (κ1) is 19.6. The van der Waals surface area contributed by atoms with Gasteiger partial charge in [-0.3, -0.25) is 4.31 Å². The van der Waals surface area contributed by atoms with Crippen LogP contribution in [0, 0.1) is 6.92 Å². The van der Waals surface area contributed by atoms with Crippen LogP contribution in [0.15, 0.2) is 87.7 Å². The number of rotatable bonds is 3. The highest BCUT2D eigenvalue weighted by Crippen LogP contribution is 2.52. The fourth-order valence-electron chi connectivity index (χ4n) is 4.69. The normalized spacial score (nSPS) is 18.3. The maximum atomic E-state index is 13.6. The van der Waals surface area contributed by atoms with Gasteiger partial charge in [0.25, 0.3) is 10.0 Å². The molecule has 0 saturated carbocycles. The summed E-state index contributed by atoms with van der Waals surface area (Å²) in [5, 5.41) is 0. The van der Waals surface area contributed by atoms with Gasteiger partial charge in [0.15, 0.2) is 0 Å². The third-order valence-corrected chi connectivity index (χ3v) is 8.60. The lowest BCUT2D eigenvalue weighted by Crippen LogP contribution is -2.33. The molecule has 0 bridgehead atoms. The minimum Gasteiger partial charge on any atom is -0.266 e. The highest BCUT2D eigenvalue weighted by Gasteiger charge is 2.41. The monoisotopic (exact) mass is 479 g/mol. The minimum absolute atomic E-state index is 0.0720. The van der Waals surface area contributed by atoms with E-state index in [0.29, 0.717) is 11.4 Å². The summed E-state index contributed by atoms with van der Waals surface area (Å²) in [5.74, 6) is 0.0720. The van der Waals surface area contributed by atoms with Crippen LogP contribution in [-0.4, -0.2) is 19.3 Å². The number of benzene rings is 3. The average molecular weight is 480 g/mol. The Labute approximate surface area is 186 Å². The van der Waals surface area contributed by atoms with Crippen molar-refractivity contribution in [1.29, 1.82) is 0 Å². The summed E-state index contributed by atoms with van der Waals surface area (Å²) < 4.78 is 30.0. The van der Waals surface area contributed by atoms with Crippen molar-refractivity contribution in [2.75, 3.05) is 6.54 Å². The van der Waals surface area contributed by atoms with Crippen LogP contribution in [0.5, 0.6) is 0 Å². The Morgan fingerprint density at radius 1 is 0.900 bits per heavy atom. The summed E-state index contributed by atoms with van der Waals surface area (Å²) in [6, 6.07) is 23.6. The zero-order valence-corrected chi connectivity index (χ0v) is 19.1. The van der Waals surface area contributed by atoms with Gasteiger partial charge in [-0.1, -0.05) is 76.1 Å². The van der Waals surface area contributed by atoms with Crippen LogP contribution in [-0.2, 0) is 10.0 Å². The molecule has 0 radical (unpaired) electrons. The number of sulfonamides is 1. The van der Waals surface area contributed by atoms with E-state index in [1.807, 2.05) is 43.3 Å². The van der Waals surface area contributed by atoms with Gasteiger partial charge < -0.3 is 0 Å². The van der Waals surface area contributed by atoms with Crippen LogP contribution in [0.25, 0.3) is 5.70 Å². The van der Waals surface area contributed by atoms with Crippen molar-refractivity contribution in [3.05, 3.63) is 105 Å². The molecule has 1 aliphatic carbocycles. The number of hydrogen-bond donors (Lipinski definition) is 0. The molecule has 5 heteroatoms. The lowest BCUT2D eigenvalue weighted by atomic mass is 9.86. The number of nitrogens with zero attached hydrogens (tertiary/aromatic N) is 1. The smallest absolute Gasteiger partial charge is 0.264 e. The van der Waals surface area contributed by atoms with Crippen molar-refractivity contribution >= 4 is 31.7 Å². The highest BCUT2D eigenvalue weighted by atomic mass is 79.9. The number of fused-ring (bicyclic) bond motifs is 2. The molecule has 2 aliphatic rings. The molecule has 0 aromatic heterocycles. The average Bonchev–Trinajstić information content (AvgIpc) is 3.09. The van der Waals surface area contributed by atoms with Crippen LogP contribution in [0.4, 0.5) is 0 Å². The van der Waals surface area contributed by atoms with E-state index >= 15 is 0 Å². The summed E-state index contributed by atoms with van der Waals surface area (Å²) >= 11 is 3.72. The molecule has 3 nitrogen and oxygen atoms in total. The Bertz CT molecular complexity index is 1260. The summed E-state index contributed by atoms with van der Waals surface area (Å²) in [7, 11) is -3.63. The molecule has 1 heterocycles. The zero-order valence-electron chi connectivity index (χ0n) is 16.7. The van der Waals surface area contributed by atoms with Gasteiger partial charge in [-0.25, -0.2) is 8.42 Å². The fourth-order valence-corrected chi connectivity index (χ4v) is 6.76. The van der Waals surface area contributed by atoms with Crippen LogP contribution < -0.4 is 0 Å². The summed E-state index contributed by atoms with van der Waals surface area (Å²) in [6.07, 6.45) is 1.72. The second-order valence-corrected chi connectivity index (χ2v) is 10.6. The van der Waals surface area contributed by atoms with E-state index in [9.17, 15) is 8.42 Å². The molecule has 30 heavy (non-hydrogen) atoms. The molecular weight excluding hydrogens is 458 g/mol. The number of allylic oxidation sites excluding steroid dienone is 1. The lowest BCUT2D eigenvalue weighted by molar-refractivity contribution is 0.483. The van der Waals surface area contributed by atoms with E-state index in [0.717, 1.165) is 34.1 Å². The summed E-state index contributed by atoms with van der Waals surface area (Å²) in [4.78, 5) is 0.351. The quantitative estimate of drug-likeness (QED) is 0.455. The Hall–Kier alpha value is -2.37. The molecule has 0 N–H and O–H groups in total. The van der Waals surface area contributed by atoms with Crippen LogP contribution in [0.1, 0.15) is 41.0 Å². The second kappa shape index (κ2) is 7.40. The summed E-state index contributed by atoms with van der Waals surface area (Å²) in [6.45, 7) is 2.47. The number of halogens is 1. The Morgan fingerprint density at radius 3 is 2.30 bits per heavy atom. The maximum Gasteiger partial charge on any atom is 0.264 e. The Balaban J connectivity index is 1.71. The molecule has 0 unspecified atom stereocenters. The fraction of sp³-hybridized carbons (Fsp3) is 0.200. The molecule has 0 spiro atoms. The maximum absolute atomic E-state index is 13.6. The van der Waals surface area contributed by atoms with Gasteiger partial charge in [-0.05, 0) is 54.7 Å². The van der Waals surface area contributed by atoms with E-state index in [1.54, 1.807) is 16.4 Å². The highest BCUT2D eigenvalue weighted by molar-refractivity contribution is 9.10. The first-order chi connectivity index (χ1) is 14.5. The zero-order chi connectivity index (χ0) is 20.9. The van der Waals surface area contributed by atoms with E-state index in [4.69, 9.17) is 0 Å². The van der Waals surface area contributed by atoms with Crippen molar-refractivity contribution in [3.8, 4) is 0 Å². The van der Waals surface area contributed by atoms with Crippen molar-refractivity contribution in [3.63, 3.8) is 0 Å². The standard InChI is InChI=1S/C25H22BrNO2S/c1-17-12-14-18(15-13-17)30(28,29)27-16-6-10-22-24(21-9-4-5-11-23(21)26)19-7-2-3-8-20(19)25(22)27/h2-5,7-9,11-15,24H,6,10,16H2,1H3/t24-/m0/s1. The van der Waals surface area contributed by atoms with Gasteiger partial charge in [-0.2, -0.15) is 0 Å². The van der Waals surface area contributed by atoms with Crippen LogP contribution in [0.3, 0.4) is 0 Å². The predicted octanol–water partition coefficient (Wildman–Crippen LogP) is 6.10. The molecule has 1 atom stereocenters. The third kappa shape index (κ3) is 3.03. The van der Waals surface area contributed by atoms with Gasteiger partial charge >= 0.3 is 0 Å². The first-order valence-corrected chi connectivity index (χ1v) is 12.4. The van der Waals surface area contributed by atoms with E-state index < -0.39 is 10.0 Å². The minimum atomic E-state index is -3.63. The molecule has 0 saturated heterocycles. The van der Waals surface area contributed by atoms with Gasteiger partial charge in [0.05, 0.1) is 10.6 Å². The van der Waals surface area contributed by atoms with E-state index in [1.165, 1.54) is 16.7 Å². The van der Waals surface area contributed by atoms with Gasteiger partial charge in [-0.15, -0.1) is 0 Å². The van der Waals surface area contributed by atoms with Crippen molar-refractivity contribution in [2.45, 2.75) is 30.6 Å². The SMILES string of the molecule is Cc1ccc(S(=O)(=O)N2CCCC3=C2c2ccccc2[C@H]3c2ccccc2Br)cc1. The molecule has 1 aliphatic heterocycles. The molecule has 3 aromatic carbocycles. The molecular formula is C25H22BrNO2S. The van der Waals surface area contributed by atoms with Crippen molar-refractivity contribution in [1.82, 2.24) is 4.31 Å². The second-order valence-electron chi connectivity index (χ2n) is 7.91. The Morgan fingerprint density at radius 2 is 1.57 bits per heavy atom. The van der Waals surface area contributed by atoms with Crippen LogP contribution >= 0.6 is 15.9 Å². The largest absolute Gasteiger partial charge is 0.266 e. The molecule has 152 valence electrons.